The van der Waals surface area contributed by atoms with Crippen LogP contribution in [0.4, 0.5) is 9.80 Å². The van der Waals surface area contributed by atoms with Crippen LogP contribution in [0.3, 0.4) is 0 Å². The summed E-state index contributed by atoms with van der Waals surface area (Å²) < 4.78 is 0. The minimum Gasteiger partial charge on any atom is -0.328 e. The summed E-state index contributed by atoms with van der Waals surface area (Å²) in [4.78, 5) is 23.4. The topological polar surface area (TPSA) is 49.4 Å². The molecule has 0 unspecified atom stereocenters. The molecule has 1 N–H and O–H groups in total. The van der Waals surface area contributed by atoms with E-state index in [0.29, 0.717) is 5.00 Å². The first-order valence-corrected chi connectivity index (χ1v) is 4.31. The Hall–Kier alpha value is -1.36. The Morgan fingerprint density at radius 2 is 2.33 bits per heavy atom. The molecule has 62 valence electrons. The molecule has 0 radical (unpaired) electrons. The number of nitrogens with one attached hydrogen (secondary N) is 1. The molecular formula is C7H6N2O2S. The second-order valence-corrected chi connectivity index (χ2v) is 3.27. The maximum absolute atomic E-state index is 11.1. The average Bonchev–Trinajstić information content (AvgIpc) is 2.61. The normalized spacial score (nSPS) is 16.8. The van der Waals surface area contributed by atoms with Crippen molar-refractivity contribution in [2.45, 2.75) is 0 Å². The number of urea groups is 1. The fourth-order valence-corrected chi connectivity index (χ4v) is 1.79. The van der Waals surface area contributed by atoms with E-state index >= 15 is 0 Å². The van der Waals surface area contributed by atoms with E-state index in [1.54, 1.807) is 12.1 Å². The lowest BCUT2D eigenvalue weighted by Gasteiger charge is -2.07. The van der Waals surface area contributed by atoms with E-state index in [4.69, 9.17) is 0 Å². The molecular weight excluding hydrogens is 176 g/mol. The molecule has 2 heterocycles. The average molecular weight is 182 g/mol. The highest BCUT2D eigenvalue weighted by Crippen LogP contribution is 2.22. The predicted octanol–water partition coefficient (Wildman–Crippen LogP) is 0.804. The van der Waals surface area contributed by atoms with Gasteiger partial charge in [-0.05, 0) is 17.5 Å². The van der Waals surface area contributed by atoms with Crippen LogP contribution in [0.1, 0.15) is 0 Å². The lowest BCUT2D eigenvalue weighted by molar-refractivity contribution is -0.115. The van der Waals surface area contributed by atoms with E-state index < -0.39 is 0 Å². The molecule has 1 aliphatic rings. The zero-order valence-corrected chi connectivity index (χ0v) is 6.93. The maximum Gasteiger partial charge on any atom is 0.329 e. The van der Waals surface area contributed by atoms with Crippen molar-refractivity contribution in [3.05, 3.63) is 17.5 Å². The smallest absolute Gasteiger partial charge is 0.328 e. The Morgan fingerprint density at radius 1 is 1.50 bits per heavy atom. The van der Waals surface area contributed by atoms with Crippen LogP contribution in [0.25, 0.3) is 0 Å². The molecule has 4 nitrogen and oxygen atoms in total. The molecule has 0 aromatic carbocycles. The third kappa shape index (κ3) is 0.984. The Morgan fingerprint density at radius 3 is 2.83 bits per heavy atom. The molecule has 2 rings (SSSR count). The molecule has 0 spiro atoms. The van der Waals surface area contributed by atoms with Crippen LogP contribution in [0.15, 0.2) is 17.5 Å². The summed E-state index contributed by atoms with van der Waals surface area (Å²) in [5.74, 6) is -0.192. The minimum absolute atomic E-state index is 0.108. The standard InChI is InChI=1S/C7H6N2O2S/c10-5-4-8-7(11)9(5)6-2-1-3-12-6/h1-3H,4H2,(H,8,11). The van der Waals surface area contributed by atoms with Crippen LogP contribution in [0.2, 0.25) is 0 Å². The lowest BCUT2D eigenvalue weighted by atomic mass is 10.5. The van der Waals surface area contributed by atoms with Crippen LogP contribution < -0.4 is 10.2 Å². The molecule has 1 saturated heterocycles. The number of carbonyl (C=O) groups excluding carboxylic acids is 2. The largest absolute Gasteiger partial charge is 0.329 e. The van der Waals surface area contributed by atoms with E-state index in [9.17, 15) is 9.59 Å². The Kier molecular flexibility index (Phi) is 1.58. The number of anilines is 1. The van der Waals surface area contributed by atoms with Crippen molar-refractivity contribution >= 4 is 28.3 Å². The quantitative estimate of drug-likeness (QED) is 0.653. The van der Waals surface area contributed by atoms with Gasteiger partial charge >= 0.3 is 6.03 Å². The van der Waals surface area contributed by atoms with Crippen LogP contribution in [0, 0.1) is 0 Å². The van der Waals surface area contributed by atoms with Gasteiger partial charge in [0.15, 0.2) is 0 Å². The van der Waals surface area contributed by atoms with Gasteiger partial charge in [0.05, 0.1) is 6.54 Å². The number of imide groups is 1. The Labute approximate surface area is 72.8 Å². The van der Waals surface area contributed by atoms with Crippen molar-refractivity contribution in [2.75, 3.05) is 11.4 Å². The van der Waals surface area contributed by atoms with E-state index in [2.05, 4.69) is 5.32 Å². The van der Waals surface area contributed by atoms with Crippen molar-refractivity contribution in [1.82, 2.24) is 5.32 Å². The molecule has 3 amide bonds. The van der Waals surface area contributed by atoms with Gasteiger partial charge < -0.3 is 5.32 Å². The molecule has 0 bridgehead atoms. The van der Waals surface area contributed by atoms with Crippen LogP contribution in [-0.4, -0.2) is 18.5 Å². The monoisotopic (exact) mass is 182 g/mol. The molecule has 0 saturated carbocycles. The predicted molar refractivity (Wildman–Crippen MR) is 45.2 cm³/mol. The number of hydrogen-bond donors (Lipinski definition) is 1. The van der Waals surface area contributed by atoms with Gasteiger partial charge in [0, 0.05) is 0 Å². The summed E-state index contributed by atoms with van der Waals surface area (Å²) in [6, 6.07) is 3.22. The third-order valence-electron chi connectivity index (χ3n) is 1.57. The van der Waals surface area contributed by atoms with Gasteiger partial charge in [-0.25, -0.2) is 9.69 Å². The number of hydrogen-bond acceptors (Lipinski definition) is 3. The van der Waals surface area contributed by atoms with Gasteiger partial charge in [-0.1, -0.05) is 0 Å². The molecule has 1 aromatic rings. The fourth-order valence-electron chi connectivity index (χ4n) is 1.04. The van der Waals surface area contributed by atoms with Crippen LogP contribution >= 0.6 is 11.3 Å². The summed E-state index contributed by atoms with van der Waals surface area (Å²) in [7, 11) is 0. The van der Waals surface area contributed by atoms with Crippen molar-refractivity contribution in [2.24, 2.45) is 0 Å². The van der Waals surface area contributed by atoms with Crippen molar-refractivity contribution in [3.8, 4) is 0 Å². The van der Waals surface area contributed by atoms with E-state index in [1.807, 2.05) is 5.38 Å². The first-order chi connectivity index (χ1) is 5.79. The molecule has 5 heteroatoms. The Balaban J connectivity index is 2.34. The zero-order valence-electron chi connectivity index (χ0n) is 6.11. The van der Waals surface area contributed by atoms with Crippen LogP contribution in [0.5, 0.6) is 0 Å². The molecule has 0 aliphatic carbocycles. The summed E-state index contributed by atoms with van der Waals surface area (Å²) in [5.41, 5.74) is 0. The van der Waals surface area contributed by atoms with Gasteiger partial charge in [-0.3, -0.25) is 4.79 Å². The van der Waals surface area contributed by atoms with Gasteiger partial charge in [0.2, 0.25) is 0 Å². The maximum atomic E-state index is 11.1. The highest BCUT2D eigenvalue weighted by molar-refractivity contribution is 7.14. The minimum atomic E-state index is -0.331. The van der Waals surface area contributed by atoms with Gasteiger partial charge in [-0.2, -0.15) is 0 Å². The lowest BCUT2D eigenvalue weighted by Crippen LogP contribution is -2.29. The molecule has 1 aliphatic heterocycles. The fraction of sp³-hybridized carbons (Fsp3) is 0.143. The summed E-state index contributed by atoms with van der Waals surface area (Å²) in [6.07, 6.45) is 0. The molecule has 1 fully saturated rings. The van der Waals surface area contributed by atoms with E-state index in [1.165, 1.54) is 11.3 Å². The van der Waals surface area contributed by atoms with Gasteiger partial charge in [-0.15, -0.1) is 11.3 Å². The number of amides is 3. The zero-order chi connectivity index (χ0) is 8.55. The number of thiophene rings is 1. The summed E-state index contributed by atoms with van der Waals surface area (Å²) >= 11 is 1.37. The summed E-state index contributed by atoms with van der Waals surface area (Å²) in [6.45, 7) is 0.108. The number of carbonyl (C=O) groups is 2. The molecule has 12 heavy (non-hydrogen) atoms. The van der Waals surface area contributed by atoms with Gasteiger partial charge in [0.1, 0.15) is 5.00 Å². The molecule has 1 aromatic heterocycles. The first kappa shape index (κ1) is 7.30. The van der Waals surface area contributed by atoms with Crippen LogP contribution in [-0.2, 0) is 4.79 Å². The number of nitrogens with zero attached hydrogens (tertiary/aromatic N) is 1. The highest BCUT2D eigenvalue weighted by Gasteiger charge is 2.30. The van der Waals surface area contributed by atoms with Crippen molar-refractivity contribution < 1.29 is 9.59 Å². The Bertz CT molecular complexity index is 304. The van der Waals surface area contributed by atoms with E-state index in [0.717, 1.165) is 4.90 Å². The highest BCUT2D eigenvalue weighted by atomic mass is 32.1. The number of rotatable bonds is 1. The van der Waals surface area contributed by atoms with E-state index in [-0.39, 0.29) is 18.5 Å². The molecule has 0 atom stereocenters. The van der Waals surface area contributed by atoms with Crippen molar-refractivity contribution in [3.63, 3.8) is 0 Å². The first-order valence-electron chi connectivity index (χ1n) is 3.43. The third-order valence-corrected chi connectivity index (χ3v) is 2.42. The van der Waals surface area contributed by atoms with Crippen molar-refractivity contribution in [1.29, 1.82) is 0 Å². The second kappa shape index (κ2) is 2.60. The van der Waals surface area contributed by atoms with Gasteiger partial charge in [0.25, 0.3) is 5.91 Å². The second-order valence-electron chi connectivity index (χ2n) is 2.34. The SMILES string of the molecule is O=C1CNC(=O)N1c1cccs1. The summed E-state index contributed by atoms with van der Waals surface area (Å²) in [5, 5.41) is 4.96.